The molecule has 0 nitrogen and oxygen atoms in total. The van der Waals surface area contributed by atoms with Gasteiger partial charge in [-0.3, -0.25) is 0 Å². The lowest BCUT2D eigenvalue weighted by molar-refractivity contribution is 0.0402. The molecule has 1 aliphatic rings. The molecule has 0 aromatic rings. The van der Waals surface area contributed by atoms with E-state index in [9.17, 15) is 0 Å². The molecule has 3 atom stereocenters. The molecule has 22 heavy (non-hydrogen) atoms. The highest BCUT2D eigenvalue weighted by Crippen LogP contribution is 2.51. The number of rotatable bonds is 12. The quantitative estimate of drug-likeness (QED) is 0.344. The average molecular weight is 309 g/mol. The Morgan fingerprint density at radius 3 is 1.95 bits per heavy atom. The SMILES string of the molecule is CCCCC(CC)CCC(CC)C(CC)CC1(C)CC(C)C1. The van der Waals surface area contributed by atoms with Crippen molar-refractivity contribution >= 4 is 0 Å². The second kappa shape index (κ2) is 9.99. The van der Waals surface area contributed by atoms with E-state index in [1.807, 2.05) is 0 Å². The fourth-order valence-corrected chi connectivity index (χ4v) is 5.34. The number of hydrogen-bond acceptors (Lipinski definition) is 0. The third-order valence-electron chi connectivity index (χ3n) is 6.64. The van der Waals surface area contributed by atoms with Gasteiger partial charge in [0.25, 0.3) is 0 Å². The predicted octanol–water partition coefficient (Wildman–Crippen LogP) is 7.86. The van der Waals surface area contributed by atoms with Gasteiger partial charge in [0.1, 0.15) is 0 Å². The second-order valence-corrected chi connectivity index (χ2v) is 8.86. The Hall–Kier alpha value is 0. The Morgan fingerprint density at radius 1 is 0.864 bits per heavy atom. The zero-order valence-corrected chi connectivity index (χ0v) is 16.6. The standard InChI is InChI=1S/C22H44/c1-7-11-12-19(8-2)13-14-20(9-3)21(10-4)17-22(6)15-18(5)16-22/h18-21H,7-17H2,1-6H3. The van der Waals surface area contributed by atoms with Crippen LogP contribution in [0.15, 0.2) is 0 Å². The Morgan fingerprint density at radius 2 is 1.50 bits per heavy atom. The molecular formula is C22H44. The molecule has 0 heterocycles. The molecular weight excluding hydrogens is 264 g/mol. The maximum Gasteiger partial charge on any atom is -0.0318 e. The Kier molecular flexibility index (Phi) is 9.10. The molecule has 1 fully saturated rings. The van der Waals surface area contributed by atoms with Gasteiger partial charge in [-0.15, -0.1) is 0 Å². The molecule has 132 valence electrons. The summed E-state index contributed by atoms with van der Waals surface area (Å²) in [5, 5.41) is 0. The molecule has 1 aliphatic carbocycles. The van der Waals surface area contributed by atoms with Gasteiger partial charge in [0.05, 0.1) is 0 Å². The van der Waals surface area contributed by atoms with Crippen molar-refractivity contribution in [1.82, 2.24) is 0 Å². The lowest BCUT2D eigenvalue weighted by atomic mass is 9.58. The minimum Gasteiger partial charge on any atom is -0.0654 e. The first-order chi connectivity index (χ1) is 10.5. The van der Waals surface area contributed by atoms with Crippen LogP contribution in [-0.4, -0.2) is 0 Å². The third-order valence-corrected chi connectivity index (χ3v) is 6.64. The van der Waals surface area contributed by atoms with Crippen LogP contribution in [-0.2, 0) is 0 Å². The van der Waals surface area contributed by atoms with Crippen LogP contribution in [0.25, 0.3) is 0 Å². The Labute approximate surface area is 141 Å². The Bertz CT molecular complexity index is 274. The maximum atomic E-state index is 2.55. The normalized spacial score (nSPS) is 28.9. The highest BCUT2D eigenvalue weighted by molar-refractivity contribution is 4.90. The summed E-state index contributed by atoms with van der Waals surface area (Å²) in [7, 11) is 0. The molecule has 0 radical (unpaired) electrons. The molecule has 0 N–H and O–H groups in total. The molecule has 0 bridgehead atoms. The molecule has 1 rings (SSSR count). The summed E-state index contributed by atoms with van der Waals surface area (Å²) in [6.45, 7) is 14.6. The topological polar surface area (TPSA) is 0 Å². The van der Waals surface area contributed by atoms with Crippen molar-refractivity contribution in [1.29, 1.82) is 0 Å². The van der Waals surface area contributed by atoms with Crippen molar-refractivity contribution in [3.05, 3.63) is 0 Å². The van der Waals surface area contributed by atoms with Gasteiger partial charge >= 0.3 is 0 Å². The van der Waals surface area contributed by atoms with Crippen molar-refractivity contribution in [2.75, 3.05) is 0 Å². The van der Waals surface area contributed by atoms with Crippen molar-refractivity contribution in [2.45, 2.75) is 112 Å². The molecule has 0 saturated heterocycles. The smallest absolute Gasteiger partial charge is 0.0318 e. The molecule has 0 spiro atoms. The lowest BCUT2D eigenvalue weighted by Gasteiger charge is -2.47. The highest BCUT2D eigenvalue weighted by Gasteiger charge is 2.39. The zero-order chi connectivity index (χ0) is 16.6. The number of hydrogen-bond donors (Lipinski definition) is 0. The summed E-state index contributed by atoms with van der Waals surface area (Å²) in [6.07, 6.45) is 15.9. The first-order valence-electron chi connectivity index (χ1n) is 10.5. The molecule has 1 saturated carbocycles. The summed E-state index contributed by atoms with van der Waals surface area (Å²) < 4.78 is 0. The highest BCUT2D eigenvalue weighted by atomic mass is 14.4. The summed E-state index contributed by atoms with van der Waals surface area (Å²) in [6, 6.07) is 0. The van der Waals surface area contributed by atoms with E-state index in [-0.39, 0.29) is 0 Å². The van der Waals surface area contributed by atoms with E-state index in [0.717, 1.165) is 23.7 Å². The van der Waals surface area contributed by atoms with E-state index < -0.39 is 0 Å². The van der Waals surface area contributed by atoms with Crippen LogP contribution in [0.1, 0.15) is 112 Å². The number of unbranched alkanes of at least 4 members (excludes halogenated alkanes) is 1. The molecule has 0 heteroatoms. The maximum absolute atomic E-state index is 2.55. The van der Waals surface area contributed by atoms with Gasteiger partial charge in [-0.2, -0.15) is 0 Å². The minimum absolute atomic E-state index is 0.680. The molecule has 0 aromatic heterocycles. The van der Waals surface area contributed by atoms with Crippen molar-refractivity contribution in [2.24, 2.45) is 29.1 Å². The Balaban J connectivity index is 2.45. The molecule has 0 aromatic carbocycles. The summed E-state index contributed by atoms with van der Waals surface area (Å²) in [5.41, 5.74) is 0.680. The largest absolute Gasteiger partial charge is 0.0654 e. The van der Waals surface area contributed by atoms with E-state index in [1.165, 1.54) is 70.6 Å². The van der Waals surface area contributed by atoms with Crippen molar-refractivity contribution in [3.63, 3.8) is 0 Å². The predicted molar refractivity (Wildman–Crippen MR) is 101 cm³/mol. The van der Waals surface area contributed by atoms with Crippen LogP contribution >= 0.6 is 0 Å². The van der Waals surface area contributed by atoms with Gasteiger partial charge < -0.3 is 0 Å². The monoisotopic (exact) mass is 308 g/mol. The summed E-state index contributed by atoms with van der Waals surface area (Å²) in [4.78, 5) is 0. The summed E-state index contributed by atoms with van der Waals surface area (Å²) in [5.74, 6) is 3.94. The van der Waals surface area contributed by atoms with Gasteiger partial charge in [0, 0.05) is 0 Å². The van der Waals surface area contributed by atoms with Crippen molar-refractivity contribution in [3.8, 4) is 0 Å². The van der Waals surface area contributed by atoms with E-state index >= 15 is 0 Å². The van der Waals surface area contributed by atoms with Crippen LogP contribution in [0.4, 0.5) is 0 Å². The van der Waals surface area contributed by atoms with Gasteiger partial charge in [0.2, 0.25) is 0 Å². The molecule has 0 amide bonds. The second-order valence-electron chi connectivity index (χ2n) is 8.86. The van der Waals surface area contributed by atoms with Gasteiger partial charge in [-0.05, 0) is 54.8 Å². The van der Waals surface area contributed by atoms with E-state index in [4.69, 9.17) is 0 Å². The van der Waals surface area contributed by atoms with Gasteiger partial charge in [-0.1, -0.05) is 86.5 Å². The average Bonchev–Trinajstić information content (AvgIpc) is 2.48. The fourth-order valence-electron chi connectivity index (χ4n) is 5.34. The van der Waals surface area contributed by atoms with E-state index in [0.29, 0.717) is 5.41 Å². The van der Waals surface area contributed by atoms with Crippen LogP contribution in [0.3, 0.4) is 0 Å². The molecule has 0 aliphatic heterocycles. The van der Waals surface area contributed by atoms with Gasteiger partial charge in [0.15, 0.2) is 0 Å². The lowest BCUT2D eigenvalue weighted by Crippen LogP contribution is -2.36. The first kappa shape index (κ1) is 20.0. The zero-order valence-electron chi connectivity index (χ0n) is 16.6. The summed E-state index contributed by atoms with van der Waals surface area (Å²) >= 11 is 0. The van der Waals surface area contributed by atoms with Crippen LogP contribution in [0.2, 0.25) is 0 Å². The van der Waals surface area contributed by atoms with Crippen molar-refractivity contribution < 1.29 is 0 Å². The van der Waals surface area contributed by atoms with E-state index in [2.05, 4.69) is 41.5 Å². The third kappa shape index (κ3) is 6.25. The van der Waals surface area contributed by atoms with Gasteiger partial charge in [-0.25, -0.2) is 0 Å². The van der Waals surface area contributed by atoms with Crippen LogP contribution in [0, 0.1) is 29.1 Å². The van der Waals surface area contributed by atoms with Crippen LogP contribution < -0.4 is 0 Å². The van der Waals surface area contributed by atoms with E-state index in [1.54, 1.807) is 0 Å². The molecule has 3 unspecified atom stereocenters. The minimum atomic E-state index is 0.680. The first-order valence-corrected chi connectivity index (χ1v) is 10.5. The van der Waals surface area contributed by atoms with Crippen LogP contribution in [0.5, 0.6) is 0 Å². The fraction of sp³-hybridized carbons (Fsp3) is 1.00.